The lowest BCUT2D eigenvalue weighted by Crippen LogP contribution is -2.22. The maximum Gasteiger partial charge on any atom is 0.198 e. The highest BCUT2D eigenvalue weighted by atomic mass is 16.5. The van der Waals surface area contributed by atoms with Crippen molar-refractivity contribution in [2.24, 2.45) is 0 Å². The van der Waals surface area contributed by atoms with Gasteiger partial charge in [-0.25, -0.2) is 0 Å². The summed E-state index contributed by atoms with van der Waals surface area (Å²) in [5.41, 5.74) is 1.16. The largest absolute Gasteiger partial charge is 0.456 e. The van der Waals surface area contributed by atoms with E-state index in [1.165, 1.54) is 0 Å². The van der Waals surface area contributed by atoms with Crippen LogP contribution < -0.4 is 9.47 Å². The number of benzene rings is 5. The third-order valence-corrected chi connectivity index (χ3v) is 5.92. The molecule has 0 aromatic heterocycles. The molecule has 1 aliphatic rings. The smallest absolute Gasteiger partial charge is 0.198 e. The van der Waals surface area contributed by atoms with Crippen LogP contribution in [0.4, 0.5) is 0 Å². The van der Waals surface area contributed by atoms with Crippen molar-refractivity contribution in [3.63, 3.8) is 0 Å². The predicted molar refractivity (Wildman–Crippen MR) is 130 cm³/mol. The van der Waals surface area contributed by atoms with Crippen molar-refractivity contribution in [3.8, 4) is 23.0 Å². The second kappa shape index (κ2) is 8.01. The van der Waals surface area contributed by atoms with Gasteiger partial charge in [0.25, 0.3) is 0 Å². The van der Waals surface area contributed by atoms with Gasteiger partial charge in [0.2, 0.25) is 0 Å². The summed E-state index contributed by atoms with van der Waals surface area (Å²) in [6, 6.07) is 32.9. The highest BCUT2D eigenvalue weighted by Crippen LogP contribution is 2.47. The minimum atomic E-state index is -0.264. The molecule has 0 saturated heterocycles. The predicted octanol–water partition coefficient (Wildman–Crippen LogP) is 7.20. The monoisotopic (exact) mass is 442 g/mol. The molecule has 1 aliphatic carbocycles. The van der Waals surface area contributed by atoms with Gasteiger partial charge < -0.3 is 9.47 Å². The molecule has 6 rings (SSSR count). The van der Waals surface area contributed by atoms with Crippen LogP contribution in [0.1, 0.15) is 31.8 Å². The van der Waals surface area contributed by atoms with Crippen molar-refractivity contribution in [1.29, 1.82) is 0 Å². The summed E-state index contributed by atoms with van der Waals surface area (Å²) in [6.07, 6.45) is 0. The van der Waals surface area contributed by atoms with E-state index >= 15 is 0 Å². The number of ketones is 2. The van der Waals surface area contributed by atoms with E-state index in [9.17, 15) is 9.59 Å². The lowest BCUT2D eigenvalue weighted by atomic mass is 9.81. The molecule has 0 radical (unpaired) electrons. The SMILES string of the molecule is O=C1c2ccccc2C(=O)c2c1c(Oc1ccccc1)c1ccccc1c2Oc1ccccc1. The maximum atomic E-state index is 13.8. The Balaban J connectivity index is 1.69. The molecule has 0 bridgehead atoms. The number of carbonyl (C=O) groups is 2. The van der Waals surface area contributed by atoms with Crippen molar-refractivity contribution in [2.45, 2.75) is 0 Å². The molecule has 5 aromatic rings. The van der Waals surface area contributed by atoms with E-state index in [4.69, 9.17) is 9.47 Å². The first-order valence-corrected chi connectivity index (χ1v) is 11.0. The molecule has 162 valence electrons. The molecule has 0 fully saturated rings. The Morgan fingerprint density at radius 3 is 1.18 bits per heavy atom. The standard InChI is InChI=1S/C30H18O4/c31-27-21-15-7-8-16-22(21)28(32)26-25(27)29(33-19-11-3-1-4-12-19)23-17-9-10-18-24(23)30(26)34-20-13-5-2-6-14-20/h1-18H. The summed E-state index contributed by atoms with van der Waals surface area (Å²) in [6.45, 7) is 0. The van der Waals surface area contributed by atoms with Crippen LogP contribution in [0, 0.1) is 0 Å². The fraction of sp³-hybridized carbons (Fsp3) is 0. The van der Waals surface area contributed by atoms with Gasteiger partial charge >= 0.3 is 0 Å². The Morgan fingerprint density at radius 1 is 0.412 bits per heavy atom. The highest BCUT2D eigenvalue weighted by molar-refractivity contribution is 6.32. The van der Waals surface area contributed by atoms with Crippen molar-refractivity contribution in [2.75, 3.05) is 0 Å². The Kier molecular flexibility index (Phi) is 4.70. The zero-order valence-corrected chi connectivity index (χ0v) is 18.0. The van der Waals surface area contributed by atoms with Gasteiger partial charge in [0.05, 0.1) is 11.1 Å². The van der Waals surface area contributed by atoms with E-state index in [1.807, 2.05) is 84.9 Å². The quantitative estimate of drug-likeness (QED) is 0.290. The first kappa shape index (κ1) is 19.9. The molecule has 4 heteroatoms. The average Bonchev–Trinajstić information content (AvgIpc) is 2.89. The van der Waals surface area contributed by atoms with Gasteiger partial charge in [-0.2, -0.15) is 0 Å². The summed E-state index contributed by atoms with van der Waals surface area (Å²) in [5.74, 6) is 1.33. The Morgan fingerprint density at radius 2 is 0.765 bits per heavy atom. The number of fused-ring (bicyclic) bond motifs is 3. The van der Waals surface area contributed by atoms with Gasteiger partial charge in [0, 0.05) is 21.9 Å². The van der Waals surface area contributed by atoms with E-state index in [0.29, 0.717) is 44.9 Å². The highest BCUT2D eigenvalue weighted by Gasteiger charge is 2.37. The van der Waals surface area contributed by atoms with Gasteiger partial charge in [0.1, 0.15) is 23.0 Å². The molecular weight excluding hydrogens is 424 g/mol. The minimum Gasteiger partial charge on any atom is -0.456 e. The van der Waals surface area contributed by atoms with Crippen LogP contribution in [0.3, 0.4) is 0 Å². The second-order valence-electron chi connectivity index (χ2n) is 7.99. The fourth-order valence-corrected chi connectivity index (χ4v) is 4.38. The molecular formula is C30H18O4. The van der Waals surface area contributed by atoms with Gasteiger partial charge in [-0.1, -0.05) is 84.9 Å². The number of hydrogen-bond donors (Lipinski definition) is 0. The van der Waals surface area contributed by atoms with Gasteiger partial charge in [-0.15, -0.1) is 0 Å². The Hall–Kier alpha value is -4.70. The minimum absolute atomic E-state index is 0.220. The zero-order chi connectivity index (χ0) is 23.1. The van der Waals surface area contributed by atoms with Gasteiger partial charge in [-0.3, -0.25) is 9.59 Å². The van der Waals surface area contributed by atoms with Gasteiger partial charge in [-0.05, 0) is 24.3 Å². The molecule has 5 aromatic carbocycles. The topological polar surface area (TPSA) is 52.6 Å². The summed E-state index contributed by atoms with van der Waals surface area (Å²) in [7, 11) is 0. The normalized spacial score (nSPS) is 12.2. The average molecular weight is 442 g/mol. The van der Waals surface area contributed by atoms with Crippen molar-refractivity contribution in [3.05, 3.63) is 131 Å². The Labute approximate surface area is 196 Å². The molecule has 4 nitrogen and oxygen atoms in total. The first-order valence-electron chi connectivity index (χ1n) is 11.0. The van der Waals surface area contributed by atoms with E-state index in [2.05, 4.69) is 0 Å². The summed E-state index contributed by atoms with van der Waals surface area (Å²) in [4.78, 5) is 27.7. The van der Waals surface area contributed by atoms with Crippen LogP contribution in [-0.2, 0) is 0 Å². The number of hydrogen-bond acceptors (Lipinski definition) is 4. The first-order chi connectivity index (χ1) is 16.7. The molecule has 0 unspecified atom stereocenters. The van der Waals surface area contributed by atoms with Gasteiger partial charge in [0.15, 0.2) is 11.6 Å². The van der Waals surface area contributed by atoms with Crippen LogP contribution >= 0.6 is 0 Å². The third-order valence-electron chi connectivity index (χ3n) is 5.92. The van der Waals surface area contributed by atoms with Crippen molar-refractivity contribution in [1.82, 2.24) is 0 Å². The second-order valence-corrected chi connectivity index (χ2v) is 7.99. The molecule has 34 heavy (non-hydrogen) atoms. The lowest BCUT2D eigenvalue weighted by Gasteiger charge is -2.25. The molecule has 0 atom stereocenters. The van der Waals surface area contributed by atoms with Crippen LogP contribution in [0.25, 0.3) is 10.8 Å². The van der Waals surface area contributed by atoms with Crippen LogP contribution in [-0.4, -0.2) is 11.6 Å². The van der Waals surface area contributed by atoms with Crippen molar-refractivity contribution >= 4 is 22.3 Å². The van der Waals surface area contributed by atoms with E-state index in [1.54, 1.807) is 24.3 Å². The summed E-state index contributed by atoms with van der Waals surface area (Å²) < 4.78 is 12.6. The zero-order valence-electron chi connectivity index (χ0n) is 18.0. The fourth-order valence-electron chi connectivity index (χ4n) is 4.38. The number of para-hydroxylation sites is 2. The van der Waals surface area contributed by atoms with Crippen LogP contribution in [0.15, 0.2) is 109 Å². The molecule has 0 heterocycles. The molecule has 0 amide bonds. The van der Waals surface area contributed by atoms with E-state index < -0.39 is 0 Å². The lowest BCUT2D eigenvalue weighted by molar-refractivity contribution is 0.0975. The summed E-state index contributed by atoms with van der Waals surface area (Å²) >= 11 is 0. The third kappa shape index (κ3) is 3.16. The number of rotatable bonds is 4. The van der Waals surface area contributed by atoms with E-state index in [-0.39, 0.29) is 22.7 Å². The molecule has 0 saturated carbocycles. The molecule has 0 N–H and O–H groups in total. The van der Waals surface area contributed by atoms with Crippen LogP contribution in [0.2, 0.25) is 0 Å². The Bertz CT molecular complexity index is 1450. The van der Waals surface area contributed by atoms with Crippen LogP contribution in [0.5, 0.6) is 23.0 Å². The number of ether oxygens (including phenoxy) is 2. The maximum absolute atomic E-state index is 13.8. The number of carbonyl (C=O) groups excluding carboxylic acids is 2. The molecule has 0 aliphatic heterocycles. The van der Waals surface area contributed by atoms with Crippen molar-refractivity contribution < 1.29 is 19.1 Å². The summed E-state index contributed by atoms with van der Waals surface area (Å²) in [5, 5.41) is 1.38. The molecule has 0 spiro atoms. The van der Waals surface area contributed by atoms with E-state index in [0.717, 1.165) is 0 Å².